The van der Waals surface area contributed by atoms with Crippen molar-refractivity contribution in [1.29, 1.82) is 0 Å². The molecule has 1 aliphatic carbocycles. The van der Waals surface area contributed by atoms with Crippen LogP contribution in [0.3, 0.4) is 0 Å². The zero-order chi connectivity index (χ0) is 5.11. The smallest absolute Gasteiger partial charge is 0.0540 e. The lowest BCUT2D eigenvalue weighted by molar-refractivity contribution is 0.130. The SMILES string of the molecule is OC1CCCCC1.P. The minimum absolute atomic E-state index is 0. The molecule has 0 saturated heterocycles. The monoisotopic (exact) mass is 134 g/mol. The van der Waals surface area contributed by atoms with Crippen LogP contribution in [0.2, 0.25) is 0 Å². The third kappa shape index (κ3) is 2.64. The Labute approximate surface area is 54.1 Å². The van der Waals surface area contributed by atoms with Crippen molar-refractivity contribution in [1.82, 2.24) is 0 Å². The summed E-state index contributed by atoms with van der Waals surface area (Å²) in [5.41, 5.74) is 0. The van der Waals surface area contributed by atoms with Crippen molar-refractivity contribution in [3.05, 3.63) is 0 Å². The van der Waals surface area contributed by atoms with Gasteiger partial charge in [0, 0.05) is 0 Å². The Bertz CT molecular complexity index is 50.5. The first-order valence-corrected chi connectivity index (χ1v) is 3.07. The minimum atomic E-state index is 0. The molecule has 1 unspecified atom stereocenters. The third-order valence-corrected chi connectivity index (χ3v) is 1.57. The van der Waals surface area contributed by atoms with Crippen molar-refractivity contribution in [2.75, 3.05) is 0 Å². The maximum atomic E-state index is 8.91. The molecule has 1 atom stereocenters. The molecule has 1 N–H and O–H groups in total. The molecule has 0 spiro atoms. The van der Waals surface area contributed by atoms with Gasteiger partial charge < -0.3 is 5.11 Å². The van der Waals surface area contributed by atoms with Gasteiger partial charge in [0.15, 0.2) is 0 Å². The number of hydrogen-bond acceptors (Lipinski definition) is 1. The first kappa shape index (κ1) is 8.39. The summed E-state index contributed by atoms with van der Waals surface area (Å²) >= 11 is 0. The largest absolute Gasteiger partial charge is 0.393 e. The average Bonchev–Trinajstić information content (AvgIpc) is 1.69. The average molecular weight is 134 g/mol. The topological polar surface area (TPSA) is 20.2 Å². The first-order valence-electron chi connectivity index (χ1n) is 3.07. The van der Waals surface area contributed by atoms with Crippen LogP contribution in [-0.2, 0) is 0 Å². The van der Waals surface area contributed by atoms with Crippen LogP contribution >= 0.6 is 9.90 Å². The van der Waals surface area contributed by atoms with Gasteiger partial charge in [0.2, 0.25) is 0 Å². The van der Waals surface area contributed by atoms with E-state index in [-0.39, 0.29) is 16.0 Å². The maximum absolute atomic E-state index is 8.91. The van der Waals surface area contributed by atoms with Crippen molar-refractivity contribution in [2.24, 2.45) is 0 Å². The van der Waals surface area contributed by atoms with Gasteiger partial charge in [-0.05, 0) is 12.8 Å². The van der Waals surface area contributed by atoms with Crippen LogP contribution < -0.4 is 0 Å². The molecule has 0 aromatic carbocycles. The Hall–Kier alpha value is 0.390. The number of aliphatic hydroxyl groups is 1. The van der Waals surface area contributed by atoms with Gasteiger partial charge in [0.05, 0.1) is 6.10 Å². The van der Waals surface area contributed by atoms with Crippen LogP contribution in [0.5, 0.6) is 0 Å². The lowest BCUT2D eigenvalue weighted by Gasteiger charge is -2.14. The molecule has 1 saturated carbocycles. The Morgan fingerprint density at radius 3 is 1.75 bits per heavy atom. The van der Waals surface area contributed by atoms with Crippen molar-refractivity contribution in [2.45, 2.75) is 38.2 Å². The van der Waals surface area contributed by atoms with E-state index in [0.717, 1.165) is 12.8 Å². The predicted molar refractivity (Wildman–Crippen MR) is 40.2 cm³/mol. The first-order chi connectivity index (χ1) is 3.39. The van der Waals surface area contributed by atoms with E-state index in [1.165, 1.54) is 19.3 Å². The second-order valence-electron chi connectivity index (χ2n) is 2.29. The van der Waals surface area contributed by atoms with E-state index in [2.05, 4.69) is 0 Å². The second-order valence-corrected chi connectivity index (χ2v) is 2.29. The van der Waals surface area contributed by atoms with Crippen molar-refractivity contribution >= 4 is 9.90 Å². The Morgan fingerprint density at radius 1 is 1.00 bits per heavy atom. The molecular formula is C6H15OP. The molecule has 0 bridgehead atoms. The van der Waals surface area contributed by atoms with E-state index in [0.29, 0.717) is 0 Å². The van der Waals surface area contributed by atoms with Crippen LogP contribution in [0.4, 0.5) is 0 Å². The van der Waals surface area contributed by atoms with E-state index >= 15 is 0 Å². The van der Waals surface area contributed by atoms with Crippen molar-refractivity contribution in [3.63, 3.8) is 0 Å². The zero-order valence-corrected chi connectivity index (χ0v) is 6.68. The molecule has 0 radical (unpaired) electrons. The number of aliphatic hydroxyl groups excluding tert-OH is 1. The number of rotatable bonds is 0. The number of hydrogen-bond donors (Lipinski definition) is 1. The van der Waals surface area contributed by atoms with Gasteiger partial charge in [-0.15, -0.1) is 0 Å². The molecule has 2 heteroatoms. The molecule has 50 valence electrons. The lowest BCUT2D eigenvalue weighted by atomic mass is 9.98. The highest BCUT2D eigenvalue weighted by atomic mass is 31.0. The molecule has 0 aromatic heterocycles. The van der Waals surface area contributed by atoms with Crippen LogP contribution in [-0.4, -0.2) is 11.2 Å². The zero-order valence-electron chi connectivity index (χ0n) is 5.27. The Kier molecular flexibility index (Phi) is 4.50. The van der Waals surface area contributed by atoms with E-state index in [1.807, 2.05) is 0 Å². The van der Waals surface area contributed by atoms with Crippen molar-refractivity contribution in [3.8, 4) is 0 Å². The van der Waals surface area contributed by atoms with E-state index in [9.17, 15) is 0 Å². The van der Waals surface area contributed by atoms with Gasteiger partial charge in [0.25, 0.3) is 0 Å². The molecule has 0 heterocycles. The normalized spacial score (nSPS) is 22.1. The summed E-state index contributed by atoms with van der Waals surface area (Å²) in [5, 5.41) is 8.91. The standard InChI is InChI=1S/C6H12O.H3P/c7-6-4-2-1-3-5-6;/h6-7H,1-5H2;1H3. The van der Waals surface area contributed by atoms with E-state index < -0.39 is 0 Å². The molecular weight excluding hydrogens is 119 g/mol. The van der Waals surface area contributed by atoms with E-state index in [1.54, 1.807) is 0 Å². The Morgan fingerprint density at radius 2 is 1.50 bits per heavy atom. The van der Waals surface area contributed by atoms with Crippen molar-refractivity contribution < 1.29 is 5.11 Å². The summed E-state index contributed by atoms with van der Waals surface area (Å²) in [6.07, 6.45) is 5.92. The molecule has 0 aliphatic heterocycles. The maximum Gasteiger partial charge on any atom is 0.0540 e. The highest BCUT2D eigenvalue weighted by Crippen LogP contribution is 2.16. The highest BCUT2D eigenvalue weighted by Gasteiger charge is 2.07. The second kappa shape index (κ2) is 4.29. The Balaban J connectivity index is 0.000000490. The lowest BCUT2D eigenvalue weighted by Crippen LogP contribution is -2.09. The van der Waals surface area contributed by atoms with Crippen LogP contribution in [0.1, 0.15) is 32.1 Å². The van der Waals surface area contributed by atoms with Gasteiger partial charge in [0.1, 0.15) is 0 Å². The summed E-state index contributed by atoms with van der Waals surface area (Å²) < 4.78 is 0. The fraction of sp³-hybridized carbons (Fsp3) is 1.00. The summed E-state index contributed by atoms with van der Waals surface area (Å²) in [7, 11) is 0. The summed E-state index contributed by atoms with van der Waals surface area (Å²) in [6, 6.07) is 0. The molecule has 1 fully saturated rings. The molecule has 0 aromatic rings. The van der Waals surface area contributed by atoms with Gasteiger partial charge in [-0.3, -0.25) is 0 Å². The quantitative estimate of drug-likeness (QED) is 0.496. The predicted octanol–water partition coefficient (Wildman–Crippen LogP) is 1.37. The molecule has 1 nitrogen and oxygen atoms in total. The molecule has 1 rings (SSSR count). The van der Waals surface area contributed by atoms with Gasteiger partial charge in [-0.1, -0.05) is 19.3 Å². The fourth-order valence-electron chi connectivity index (χ4n) is 1.08. The molecule has 0 amide bonds. The van der Waals surface area contributed by atoms with Crippen LogP contribution in [0.25, 0.3) is 0 Å². The molecule has 1 aliphatic rings. The van der Waals surface area contributed by atoms with E-state index in [4.69, 9.17) is 5.11 Å². The van der Waals surface area contributed by atoms with Gasteiger partial charge in [-0.25, -0.2) is 0 Å². The minimum Gasteiger partial charge on any atom is -0.393 e. The summed E-state index contributed by atoms with van der Waals surface area (Å²) in [4.78, 5) is 0. The summed E-state index contributed by atoms with van der Waals surface area (Å²) in [5.74, 6) is 0. The van der Waals surface area contributed by atoms with Gasteiger partial charge in [-0.2, -0.15) is 9.90 Å². The third-order valence-electron chi connectivity index (χ3n) is 1.57. The van der Waals surface area contributed by atoms with Crippen LogP contribution in [0.15, 0.2) is 0 Å². The molecule has 8 heavy (non-hydrogen) atoms. The highest BCUT2D eigenvalue weighted by molar-refractivity contribution is 6.92. The summed E-state index contributed by atoms with van der Waals surface area (Å²) in [6.45, 7) is 0. The van der Waals surface area contributed by atoms with Gasteiger partial charge >= 0.3 is 0 Å². The van der Waals surface area contributed by atoms with Crippen LogP contribution in [0, 0.1) is 0 Å². The fourth-order valence-corrected chi connectivity index (χ4v) is 1.08.